The molecular formula is C21H20BrNO4. The number of esters is 1. The number of benzene rings is 2. The average molecular weight is 430 g/mol. The van der Waals surface area contributed by atoms with E-state index < -0.39 is 5.97 Å². The number of fused-ring (bicyclic) bond motifs is 1. The van der Waals surface area contributed by atoms with Crippen molar-refractivity contribution in [3.8, 4) is 0 Å². The van der Waals surface area contributed by atoms with Crippen LogP contribution in [0.15, 0.2) is 46.4 Å². The van der Waals surface area contributed by atoms with E-state index in [0.29, 0.717) is 17.8 Å². The van der Waals surface area contributed by atoms with Crippen LogP contribution in [-0.2, 0) is 20.9 Å². The predicted molar refractivity (Wildman–Crippen MR) is 107 cm³/mol. The van der Waals surface area contributed by atoms with Crippen molar-refractivity contribution in [1.29, 1.82) is 0 Å². The minimum Gasteiger partial charge on any atom is -0.507 e. The molecule has 0 saturated heterocycles. The second-order valence-corrected chi connectivity index (χ2v) is 7.47. The van der Waals surface area contributed by atoms with Crippen molar-refractivity contribution < 1.29 is 19.4 Å². The van der Waals surface area contributed by atoms with Gasteiger partial charge in [-0.25, -0.2) is 4.79 Å². The maximum Gasteiger partial charge on any atom is 0.338 e. The second-order valence-electron chi connectivity index (χ2n) is 6.56. The van der Waals surface area contributed by atoms with Crippen molar-refractivity contribution in [2.24, 2.45) is 0 Å². The fourth-order valence-electron chi connectivity index (χ4n) is 3.11. The van der Waals surface area contributed by atoms with Crippen LogP contribution in [0.2, 0.25) is 0 Å². The van der Waals surface area contributed by atoms with Crippen LogP contribution in [0.5, 0.6) is 0 Å². The monoisotopic (exact) mass is 429 g/mol. The van der Waals surface area contributed by atoms with E-state index >= 15 is 0 Å². The smallest absolute Gasteiger partial charge is 0.338 e. The van der Waals surface area contributed by atoms with Crippen LogP contribution in [0.25, 0.3) is 5.76 Å². The molecule has 1 amide bonds. The van der Waals surface area contributed by atoms with E-state index in [-0.39, 0.29) is 23.7 Å². The van der Waals surface area contributed by atoms with Crippen molar-refractivity contribution in [2.45, 2.75) is 26.8 Å². The molecule has 0 aromatic heterocycles. The van der Waals surface area contributed by atoms with Crippen LogP contribution < -0.4 is 4.90 Å². The highest BCUT2D eigenvalue weighted by Gasteiger charge is 2.31. The number of rotatable bonds is 3. The summed E-state index contributed by atoms with van der Waals surface area (Å²) in [6.07, 6.45) is -0.227. The Labute approximate surface area is 166 Å². The molecule has 2 aromatic carbocycles. The Morgan fingerprint density at radius 2 is 1.93 bits per heavy atom. The summed E-state index contributed by atoms with van der Waals surface area (Å²) in [5, 5.41) is 10.7. The number of hydrogen-bond donors (Lipinski definition) is 1. The van der Waals surface area contributed by atoms with E-state index in [9.17, 15) is 14.7 Å². The largest absolute Gasteiger partial charge is 0.507 e. The van der Waals surface area contributed by atoms with E-state index in [2.05, 4.69) is 15.9 Å². The number of nitrogens with zero attached hydrogens (tertiary/aromatic N) is 1. The zero-order valence-electron chi connectivity index (χ0n) is 15.4. The van der Waals surface area contributed by atoms with Gasteiger partial charge in [-0.05, 0) is 48.7 Å². The lowest BCUT2D eigenvalue weighted by Gasteiger charge is -2.24. The molecule has 1 heterocycles. The second kappa shape index (κ2) is 7.56. The van der Waals surface area contributed by atoms with Gasteiger partial charge in [0.2, 0.25) is 5.91 Å². The highest BCUT2D eigenvalue weighted by molar-refractivity contribution is 9.10. The van der Waals surface area contributed by atoms with E-state index in [1.165, 1.54) is 12.7 Å². The Hall–Kier alpha value is -2.60. The molecule has 1 aliphatic heterocycles. The van der Waals surface area contributed by atoms with Gasteiger partial charge in [-0.3, -0.25) is 4.79 Å². The van der Waals surface area contributed by atoms with Crippen molar-refractivity contribution in [3.63, 3.8) is 0 Å². The van der Waals surface area contributed by atoms with Crippen LogP contribution in [0.3, 0.4) is 0 Å². The van der Waals surface area contributed by atoms with Crippen LogP contribution in [0.1, 0.15) is 28.7 Å². The lowest BCUT2D eigenvalue weighted by Crippen LogP contribution is -2.30. The number of carbonyl (C=O) groups is 2. The third-order valence-electron chi connectivity index (χ3n) is 4.76. The molecule has 0 radical (unpaired) electrons. The van der Waals surface area contributed by atoms with Crippen molar-refractivity contribution in [1.82, 2.24) is 0 Å². The van der Waals surface area contributed by atoms with Gasteiger partial charge in [0.15, 0.2) is 0 Å². The molecule has 0 atom stereocenters. The van der Waals surface area contributed by atoms with Gasteiger partial charge in [0.25, 0.3) is 0 Å². The lowest BCUT2D eigenvalue weighted by atomic mass is 10.0. The molecule has 0 aliphatic carbocycles. The van der Waals surface area contributed by atoms with E-state index in [1.54, 1.807) is 23.1 Å². The number of anilines is 1. The maximum atomic E-state index is 13.0. The van der Waals surface area contributed by atoms with Crippen molar-refractivity contribution in [2.75, 3.05) is 12.0 Å². The molecule has 0 saturated carbocycles. The number of hydrogen-bond acceptors (Lipinski definition) is 4. The summed E-state index contributed by atoms with van der Waals surface area (Å²) in [7, 11) is 1.23. The topological polar surface area (TPSA) is 66.8 Å². The minimum atomic E-state index is -0.706. The van der Waals surface area contributed by atoms with Gasteiger partial charge in [-0.15, -0.1) is 0 Å². The number of aryl methyl sites for hydroxylation is 2. The molecule has 140 valence electrons. The Balaban J connectivity index is 2.10. The summed E-state index contributed by atoms with van der Waals surface area (Å²) in [5.74, 6) is -1.21. The predicted octanol–water partition coefficient (Wildman–Crippen LogP) is 4.44. The van der Waals surface area contributed by atoms with Gasteiger partial charge in [-0.2, -0.15) is 0 Å². The first-order valence-corrected chi connectivity index (χ1v) is 9.28. The number of ether oxygens (including phenoxy) is 1. The fourth-order valence-corrected chi connectivity index (χ4v) is 3.45. The molecule has 1 aliphatic rings. The van der Waals surface area contributed by atoms with Crippen LogP contribution >= 0.6 is 15.9 Å². The van der Waals surface area contributed by atoms with Gasteiger partial charge in [-0.1, -0.05) is 34.1 Å². The van der Waals surface area contributed by atoms with Crippen LogP contribution in [0, 0.1) is 13.8 Å². The molecule has 0 unspecified atom stereocenters. The highest BCUT2D eigenvalue weighted by atomic mass is 79.9. The van der Waals surface area contributed by atoms with Crippen LogP contribution in [-0.4, -0.2) is 24.1 Å². The standard InChI is InChI=1S/C21H20BrNO4/c1-12-4-5-14(8-13(12)2)11-23-18-9-15(22)6-7-16(18)20(25)17(10-19(23)24)21(26)27-3/h4-9,25H,10-11H2,1-3H3. The third kappa shape index (κ3) is 3.76. The minimum absolute atomic E-state index is 0.0336. The van der Waals surface area contributed by atoms with Gasteiger partial charge < -0.3 is 14.7 Å². The SMILES string of the molecule is COC(=O)C1=C(O)c2ccc(Br)cc2N(Cc2ccc(C)c(C)c2)C(=O)C1. The van der Waals surface area contributed by atoms with Gasteiger partial charge in [0.1, 0.15) is 5.76 Å². The Kier molecular flexibility index (Phi) is 5.37. The first-order chi connectivity index (χ1) is 12.8. The molecule has 6 heteroatoms. The number of aliphatic hydroxyl groups is 1. The quantitative estimate of drug-likeness (QED) is 0.731. The van der Waals surface area contributed by atoms with Gasteiger partial charge in [0.05, 0.1) is 31.3 Å². The summed E-state index contributed by atoms with van der Waals surface area (Å²) in [4.78, 5) is 26.7. The Morgan fingerprint density at radius 1 is 1.19 bits per heavy atom. The van der Waals surface area contributed by atoms with Crippen LogP contribution in [0.4, 0.5) is 5.69 Å². The zero-order valence-corrected chi connectivity index (χ0v) is 17.0. The van der Waals surface area contributed by atoms with Gasteiger partial charge >= 0.3 is 5.97 Å². The molecule has 0 bridgehead atoms. The molecular weight excluding hydrogens is 410 g/mol. The average Bonchev–Trinajstić information content (AvgIpc) is 2.74. The first kappa shape index (κ1) is 19.2. The third-order valence-corrected chi connectivity index (χ3v) is 5.26. The molecule has 5 nitrogen and oxygen atoms in total. The van der Waals surface area contributed by atoms with Crippen molar-refractivity contribution >= 4 is 39.3 Å². The molecule has 3 rings (SSSR count). The summed E-state index contributed by atoms with van der Waals surface area (Å²) in [5.41, 5.74) is 4.22. The fraction of sp³-hybridized carbons (Fsp3) is 0.238. The molecule has 2 aromatic rings. The number of amides is 1. The number of aliphatic hydroxyl groups excluding tert-OH is 1. The molecule has 1 N–H and O–H groups in total. The Morgan fingerprint density at radius 3 is 2.59 bits per heavy atom. The summed E-state index contributed by atoms with van der Waals surface area (Å²) >= 11 is 3.42. The van der Waals surface area contributed by atoms with Gasteiger partial charge in [0, 0.05) is 10.0 Å². The highest BCUT2D eigenvalue weighted by Crippen LogP contribution is 2.36. The number of carbonyl (C=O) groups excluding carboxylic acids is 2. The molecule has 0 spiro atoms. The number of methoxy groups -OCH3 is 1. The summed E-state index contributed by atoms with van der Waals surface area (Å²) in [6, 6.07) is 11.2. The summed E-state index contributed by atoms with van der Waals surface area (Å²) < 4.78 is 5.52. The normalized spacial score (nSPS) is 14.1. The van der Waals surface area contributed by atoms with E-state index in [4.69, 9.17) is 4.74 Å². The lowest BCUT2D eigenvalue weighted by molar-refractivity contribution is -0.137. The number of halogens is 1. The Bertz CT molecular complexity index is 965. The first-order valence-electron chi connectivity index (χ1n) is 8.48. The maximum absolute atomic E-state index is 13.0. The molecule has 27 heavy (non-hydrogen) atoms. The summed E-state index contributed by atoms with van der Waals surface area (Å²) in [6.45, 7) is 4.40. The van der Waals surface area contributed by atoms with E-state index in [0.717, 1.165) is 15.6 Å². The van der Waals surface area contributed by atoms with E-state index in [1.807, 2.05) is 32.0 Å². The molecule has 0 fully saturated rings. The zero-order chi connectivity index (χ0) is 19.7. The van der Waals surface area contributed by atoms with Crippen molar-refractivity contribution in [3.05, 3.63) is 68.7 Å².